The van der Waals surface area contributed by atoms with Gasteiger partial charge in [0.15, 0.2) is 0 Å². The van der Waals surface area contributed by atoms with Crippen LogP contribution in [-0.2, 0) is 0 Å². The molecule has 0 atom stereocenters. The number of halogens is 3. The van der Waals surface area contributed by atoms with Crippen LogP contribution in [0.15, 0.2) is 30.3 Å². The van der Waals surface area contributed by atoms with Crippen molar-refractivity contribution in [2.24, 2.45) is 0 Å². The standard InChI is InChI=1S/C9H9N3.CHF3.CH4O/c1-7-9(11-12-10-7)8-5-3-2-4-6-8;2-1(3)4;1-2/h2-6H,1H3,(H,10,11,12);1H;2H,1H3. The minimum atomic E-state index is -3.67. The lowest BCUT2D eigenvalue weighted by atomic mass is 10.1. The maximum atomic E-state index is 9.67. The van der Waals surface area contributed by atoms with Gasteiger partial charge in [-0.1, -0.05) is 30.3 Å². The summed E-state index contributed by atoms with van der Waals surface area (Å²) in [6, 6.07) is 10.0. The van der Waals surface area contributed by atoms with Gasteiger partial charge in [0.05, 0.1) is 5.69 Å². The molecule has 2 N–H and O–H groups in total. The van der Waals surface area contributed by atoms with Crippen LogP contribution in [0, 0.1) is 6.92 Å². The zero-order valence-corrected chi connectivity index (χ0v) is 9.94. The smallest absolute Gasteiger partial charge is 0.379 e. The molecular formula is C11H14F3N3O. The van der Waals surface area contributed by atoms with E-state index in [1.54, 1.807) is 0 Å². The minimum Gasteiger partial charge on any atom is -0.400 e. The van der Waals surface area contributed by atoms with Crippen molar-refractivity contribution in [3.63, 3.8) is 0 Å². The molecule has 0 aliphatic carbocycles. The number of aliphatic hydroxyl groups excluding tert-OH is 1. The molecule has 0 aliphatic rings. The first-order chi connectivity index (χ1) is 8.61. The molecule has 0 spiro atoms. The normalized spacial score (nSPS) is 9.06. The van der Waals surface area contributed by atoms with Crippen LogP contribution in [0.2, 0.25) is 0 Å². The Morgan fingerprint density at radius 3 is 1.94 bits per heavy atom. The van der Waals surface area contributed by atoms with Gasteiger partial charge in [0.25, 0.3) is 0 Å². The number of nitrogens with one attached hydrogen (secondary N) is 1. The first-order valence-electron chi connectivity index (χ1n) is 4.91. The molecule has 1 aromatic carbocycles. The van der Waals surface area contributed by atoms with Crippen molar-refractivity contribution in [2.45, 2.75) is 13.6 Å². The molecule has 7 heteroatoms. The van der Waals surface area contributed by atoms with Crippen LogP contribution in [0.4, 0.5) is 13.2 Å². The molecule has 2 rings (SSSR count). The summed E-state index contributed by atoms with van der Waals surface area (Å²) in [5, 5.41) is 17.6. The third-order valence-corrected chi connectivity index (χ3v) is 1.77. The highest BCUT2D eigenvalue weighted by molar-refractivity contribution is 5.60. The highest BCUT2D eigenvalue weighted by Gasteiger charge is 2.03. The van der Waals surface area contributed by atoms with Crippen molar-refractivity contribution >= 4 is 0 Å². The van der Waals surface area contributed by atoms with Gasteiger partial charge < -0.3 is 5.11 Å². The first-order valence-corrected chi connectivity index (χ1v) is 4.91. The van der Waals surface area contributed by atoms with Crippen LogP contribution >= 0.6 is 0 Å². The molecule has 0 saturated heterocycles. The minimum absolute atomic E-state index is 0.926. The van der Waals surface area contributed by atoms with Crippen LogP contribution in [0.25, 0.3) is 11.3 Å². The molecule has 0 fully saturated rings. The summed E-state index contributed by atoms with van der Waals surface area (Å²) in [4.78, 5) is 0. The van der Waals surface area contributed by atoms with E-state index in [0.717, 1.165) is 24.1 Å². The lowest BCUT2D eigenvalue weighted by molar-refractivity contribution is 0.00819. The third-order valence-electron chi connectivity index (χ3n) is 1.77. The summed E-state index contributed by atoms with van der Waals surface area (Å²) in [5.41, 5.74) is 2.96. The fourth-order valence-electron chi connectivity index (χ4n) is 1.15. The summed E-state index contributed by atoms with van der Waals surface area (Å²) < 4.78 is 29.0. The number of aromatic amines is 1. The van der Waals surface area contributed by atoms with E-state index in [-0.39, 0.29) is 0 Å². The van der Waals surface area contributed by atoms with Gasteiger partial charge in [0.1, 0.15) is 5.69 Å². The fraction of sp³-hybridized carbons (Fsp3) is 0.273. The predicted octanol–water partition coefficient (Wildman–Crippen LogP) is 2.57. The molecular weight excluding hydrogens is 247 g/mol. The van der Waals surface area contributed by atoms with E-state index in [1.807, 2.05) is 37.3 Å². The molecule has 0 unspecified atom stereocenters. The zero-order chi connectivity index (χ0) is 14.0. The molecule has 0 radical (unpaired) electrons. The monoisotopic (exact) mass is 261 g/mol. The van der Waals surface area contributed by atoms with E-state index in [9.17, 15) is 13.2 Å². The molecule has 0 aliphatic heterocycles. The fourth-order valence-corrected chi connectivity index (χ4v) is 1.15. The number of H-pyrrole nitrogens is 1. The number of benzene rings is 1. The van der Waals surface area contributed by atoms with E-state index in [2.05, 4.69) is 15.4 Å². The zero-order valence-electron chi connectivity index (χ0n) is 9.94. The van der Waals surface area contributed by atoms with Crippen LogP contribution in [-0.4, -0.2) is 34.3 Å². The number of rotatable bonds is 1. The third kappa shape index (κ3) is 6.00. The average molecular weight is 261 g/mol. The summed E-state index contributed by atoms with van der Waals surface area (Å²) >= 11 is 0. The van der Waals surface area contributed by atoms with E-state index in [1.165, 1.54) is 0 Å². The van der Waals surface area contributed by atoms with Crippen molar-refractivity contribution in [1.82, 2.24) is 15.4 Å². The van der Waals surface area contributed by atoms with Crippen LogP contribution in [0.1, 0.15) is 5.69 Å². The van der Waals surface area contributed by atoms with Gasteiger partial charge >= 0.3 is 6.68 Å². The maximum absolute atomic E-state index is 9.67. The molecule has 0 saturated carbocycles. The van der Waals surface area contributed by atoms with Crippen molar-refractivity contribution in [2.75, 3.05) is 7.11 Å². The van der Waals surface area contributed by atoms with Gasteiger partial charge in [-0.05, 0) is 6.92 Å². The number of alkyl halides is 3. The predicted molar refractivity (Wildman–Crippen MR) is 61.8 cm³/mol. The second-order valence-electron chi connectivity index (χ2n) is 2.87. The Morgan fingerprint density at radius 1 is 1.06 bits per heavy atom. The molecule has 4 nitrogen and oxygen atoms in total. The Labute approximate surface area is 102 Å². The lowest BCUT2D eigenvalue weighted by Gasteiger charge is -1.94. The van der Waals surface area contributed by atoms with Crippen molar-refractivity contribution in [3.8, 4) is 11.3 Å². The number of aliphatic hydroxyl groups is 1. The number of hydrogen-bond acceptors (Lipinski definition) is 3. The SMILES string of the molecule is CO.Cc1n[nH]nc1-c1ccccc1.FC(F)F. The number of aromatic nitrogens is 3. The summed E-state index contributed by atoms with van der Waals surface area (Å²) in [7, 11) is 1.00. The van der Waals surface area contributed by atoms with Gasteiger partial charge in [-0.15, -0.1) is 0 Å². The Morgan fingerprint density at radius 2 is 1.56 bits per heavy atom. The first kappa shape index (κ1) is 16.1. The molecule has 0 bridgehead atoms. The van der Waals surface area contributed by atoms with Gasteiger partial charge in [-0.3, -0.25) is 0 Å². The van der Waals surface area contributed by atoms with Crippen molar-refractivity contribution in [3.05, 3.63) is 36.0 Å². The van der Waals surface area contributed by atoms with Crippen molar-refractivity contribution in [1.29, 1.82) is 0 Å². The number of nitrogens with zero attached hydrogens (tertiary/aromatic N) is 2. The molecule has 2 aromatic rings. The molecule has 1 aromatic heterocycles. The van der Waals surface area contributed by atoms with Crippen LogP contribution < -0.4 is 0 Å². The largest absolute Gasteiger partial charge is 0.400 e. The van der Waals surface area contributed by atoms with Crippen molar-refractivity contribution < 1.29 is 18.3 Å². The Hall–Kier alpha value is -1.89. The number of aryl methyl sites for hydroxylation is 1. The molecule has 1 heterocycles. The van der Waals surface area contributed by atoms with E-state index in [0.29, 0.717) is 0 Å². The second-order valence-corrected chi connectivity index (χ2v) is 2.87. The maximum Gasteiger partial charge on any atom is 0.379 e. The van der Waals surface area contributed by atoms with Gasteiger partial charge in [-0.25, -0.2) is 0 Å². The summed E-state index contributed by atoms with van der Waals surface area (Å²) in [6.07, 6.45) is 0. The van der Waals surface area contributed by atoms with Gasteiger partial charge in [0.2, 0.25) is 0 Å². The quantitative estimate of drug-likeness (QED) is 0.829. The van der Waals surface area contributed by atoms with E-state index >= 15 is 0 Å². The van der Waals surface area contributed by atoms with E-state index < -0.39 is 6.68 Å². The molecule has 100 valence electrons. The summed E-state index contributed by atoms with van der Waals surface area (Å²) in [5.74, 6) is 0. The lowest BCUT2D eigenvalue weighted by Crippen LogP contribution is -1.79. The van der Waals surface area contributed by atoms with Crippen LogP contribution in [0.5, 0.6) is 0 Å². The summed E-state index contributed by atoms with van der Waals surface area (Å²) in [6.45, 7) is -1.73. The van der Waals surface area contributed by atoms with Gasteiger partial charge in [0, 0.05) is 12.7 Å². The number of hydrogen-bond donors (Lipinski definition) is 2. The van der Waals surface area contributed by atoms with Crippen LogP contribution in [0.3, 0.4) is 0 Å². The van der Waals surface area contributed by atoms with E-state index in [4.69, 9.17) is 5.11 Å². The van der Waals surface area contributed by atoms with Gasteiger partial charge in [-0.2, -0.15) is 28.6 Å². The molecule has 0 amide bonds. The highest BCUT2D eigenvalue weighted by Crippen LogP contribution is 2.17. The topological polar surface area (TPSA) is 61.8 Å². The second kappa shape index (κ2) is 9.17. The molecule has 18 heavy (non-hydrogen) atoms. The highest BCUT2D eigenvalue weighted by atomic mass is 19.4. The Kier molecular flexibility index (Phi) is 8.21. The Balaban J connectivity index is 0.000000415. The Bertz CT molecular complexity index is 418. The average Bonchev–Trinajstić information content (AvgIpc) is 2.78.